The van der Waals surface area contributed by atoms with Crippen LogP contribution in [0.3, 0.4) is 0 Å². The summed E-state index contributed by atoms with van der Waals surface area (Å²) >= 11 is 9.16. The molecule has 0 saturated carbocycles. The molecule has 0 aliphatic heterocycles. The third-order valence-corrected chi connectivity index (χ3v) is 5.40. The van der Waals surface area contributed by atoms with E-state index in [1.54, 1.807) is 25.1 Å². The average molecular weight is 393 g/mol. The summed E-state index contributed by atoms with van der Waals surface area (Å²) in [5.41, 5.74) is 0.273. The minimum absolute atomic E-state index is 0.0458. The van der Waals surface area contributed by atoms with E-state index in [9.17, 15) is 12.8 Å². The Labute approximate surface area is 136 Å². The molecule has 1 atom stereocenters. The highest BCUT2D eigenvalue weighted by Crippen LogP contribution is 2.27. The lowest BCUT2D eigenvalue weighted by atomic mass is 10.1. The Balaban J connectivity index is 2.31. The number of benzene rings is 2. The Morgan fingerprint density at radius 2 is 1.90 bits per heavy atom. The summed E-state index contributed by atoms with van der Waals surface area (Å²) in [6.45, 7) is 1.57. The molecule has 0 unspecified atom stereocenters. The van der Waals surface area contributed by atoms with Crippen molar-refractivity contribution in [1.29, 1.82) is 0 Å². The molecular weight excluding hydrogens is 381 g/mol. The summed E-state index contributed by atoms with van der Waals surface area (Å²) in [6, 6.07) is 9.76. The van der Waals surface area contributed by atoms with Gasteiger partial charge in [-0.3, -0.25) is 0 Å². The molecule has 2 aromatic carbocycles. The summed E-state index contributed by atoms with van der Waals surface area (Å²) in [6.07, 6.45) is 0. The van der Waals surface area contributed by atoms with Gasteiger partial charge in [0.25, 0.3) is 0 Å². The van der Waals surface area contributed by atoms with Crippen molar-refractivity contribution in [1.82, 2.24) is 4.72 Å². The molecule has 3 nitrogen and oxygen atoms in total. The minimum Gasteiger partial charge on any atom is -0.207 e. The van der Waals surface area contributed by atoms with Crippen molar-refractivity contribution >= 4 is 37.6 Å². The predicted molar refractivity (Wildman–Crippen MR) is 84.3 cm³/mol. The molecule has 0 amide bonds. The zero-order chi connectivity index (χ0) is 15.6. The molecule has 21 heavy (non-hydrogen) atoms. The number of halogens is 3. The first-order chi connectivity index (χ1) is 9.81. The highest BCUT2D eigenvalue weighted by Gasteiger charge is 2.22. The van der Waals surface area contributed by atoms with Gasteiger partial charge in [0.1, 0.15) is 10.7 Å². The van der Waals surface area contributed by atoms with Crippen LogP contribution in [0, 0.1) is 5.82 Å². The van der Waals surface area contributed by atoms with Gasteiger partial charge in [-0.1, -0.05) is 45.7 Å². The van der Waals surface area contributed by atoms with Gasteiger partial charge in [-0.2, -0.15) is 0 Å². The second-order valence-corrected chi connectivity index (χ2v) is 7.44. The summed E-state index contributed by atoms with van der Waals surface area (Å²) < 4.78 is 41.4. The number of hydrogen-bond acceptors (Lipinski definition) is 2. The Kier molecular flexibility index (Phi) is 5.03. The van der Waals surface area contributed by atoms with E-state index in [0.29, 0.717) is 4.47 Å². The molecule has 1 N–H and O–H groups in total. The fourth-order valence-corrected chi connectivity index (χ4v) is 4.14. The third-order valence-electron chi connectivity index (χ3n) is 2.89. The molecule has 0 bridgehead atoms. The van der Waals surface area contributed by atoms with Crippen LogP contribution in [0.5, 0.6) is 0 Å². The van der Waals surface area contributed by atoms with E-state index in [1.165, 1.54) is 24.3 Å². The Morgan fingerprint density at radius 1 is 1.24 bits per heavy atom. The first kappa shape index (κ1) is 16.4. The second-order valence-electron chi connectivity index (χ2n) is 4.44. The van der Waals surface area contributed by atoms with E-state index in [2.05, 4.69) is 20.7 Å². The summed E-state index contributed by atoms with van der Waals surface area (Å²) in [5, 5.41) is 0.0950. The molecule has 7 heteroatoms. The van der Waals surface area contributed by atoms with Gasteiger partial charge in [0.05, 0.1) is 5.02 Å². The molecule has 0 aliphatic carbocycles. The van der Waals surface area contributed by atoms with Crippen LogP contribution in [0.4, 0.5) is 4.39 Å². The SMILES string of the molecule is C[C@@H](NS(=O)(=O)c1ccc(Br)cc1Cl)c1ccccc1F. The van der Waals surface area contributed by atoms with E-state index in [4.69, 9.17) is 11.6 Å². The van der Waals surface area contributed by atoms with Crippen molar-refractivity contribution in [3.8, 4) is 0 Å². The van der Waals surface area contributed by atoms with E-state index in [-0.39, 0.29) is 15.5 Å². The van der Waals surface area contributed by atoms with Gasteiger partial charge >= 0.3 is 0 Å². The Hall–Kier alpha value is -0.950. The fourth-order valence-electron chi connectivity index (χ4n) is 1.88. The van der Waals surface area contributed by atoms with Crippen LogP contribution < -0.4 is 4.72 Å². The van der Waals surface area contributed by atoms with E-state index in [1.807, 2.05) is 0 Å². The highest BCUT2D eigenvalue weighted by molar-refractivity contribution is 9.10. The van der Waals surface area contributed by atoms with Gasteiger partial charge in [-0.15, -0.1) is 0 Å². The molecule has 2 rings (SSSR count). The highest BCUT2D eigenvalue weighted by atomic mass is 79.9. The monoisotopic (exact) mass is 391 g/mol. The summed E-state index contributed by atoms with van der Waals surface area (Å²) in [5.74, 6) is -0.463. The normalized spacial score (nSPS) is 13.1. The van der Waals surface area contributed by atoms with E-state index >= 15 is 0 Å². The standard InChI is InChI=1S/C14H12BrClFNO2S/c1-9(11-4-2-3-5-13(11)17)18-21(19,20)14-7-6-10(15)8-12(14)16/h2-9,18H,1H3/t9-/m1/s1. The molecule has 0 radical (unpaired) electrons. The maximum atomic E-state index is 13.7. The van der Waals surface area contributed by atoms with Crippen molar-refractivity contribution in [2.45, 2.75) is 17.9 Å². The fraction of sp³-hybridized carbons (Fsp3) is 0.143. The van der Waals surface area contributed by atoms with Crippen LogP contribution in [0.1, 0.15) is 18.5 Å². The van der Waals surface area contributed by atoms with Crippen LogP contribution in [-0.2, 0) is 10.0 Å². The zero-order valence-electron chi connectivity index (χ0n) is 11.0. The minimum atomic E-state index is -3.84. The van der Waals surface area contributed by atoms with Crippen molar-refractivity contribution in [3.63, 3.8) is 0 Å². The molecule has 0 spiro atoms. The molecule has 0 saturated heterocycles. The molecule has 2 aromatic rings. The van der Waals surface area contributed by atoms with Gasteiger partial charge in [-0.05, 0) is 31.2 Å². The maximum Gasteiger partial charge on any atom is 0.242 e. The van der Waals surface area contributed by atoms with Crippen LogP contribution in [-0.4, -0.2) is 8.42 Å². The number of hydrogen-bond donors (Lipinski definition) is 1. The zero-order valence-corrected chi connectivity index (χ0v) is 14.1. The molecule has 0 aromatic heterocycles. The smallest absolute Gasteiger partial charge is 0.207 e. The summed E-state index contributed by atoms with van der Waals surface area (Å²) in [4.78, 5) is -0.0458. The topological polar surface area (TPSA) is 46.2 Å². The Morgan fingerprint density at radius 3 is 2.52 bits per heavy atom. The van der Waals surface area contributed by atoms with Crippen molar-refractivity contribution in [3.05, 3.63) is 63.3 Å². The van der Waals surface area contributed by atoms with Crippen molar-refractivity contribution < 1.29 is 12.8 Å². The molecule has 112 valence electrons. The summed E-state index contributed by atoms with van der Waals surface area (Å²) in [7, 11) is -3.84. The Bertz CT molecular complexity index is 767. The lowest BCUT2D eigenvalue weighted by Crippen LogP contribution is -2.27. The quantitative estimate of drug-likeness (QED) is 0.844. The number of rotatable bonds is 4. The van der Waals surface area contributed by atoms with Crippen LogP contribution in [0.15, 0.2) is 51.8 Å². The van der Waals surface area contributed by atoms with Crippen molar-refractivity contribution in [2.24, 2.45) is 0 Å². The van der Waals surface area contributed by atoms with Gasteiger partial charge in [0, 0.05) is 16.1 Å². The van der Waals surface area contributed by atoms with Gasteiger partial charge in [-0.25, -0.2) is 17.5 Å². The van der Waals surface area contributed by atoms with Crippen LogP contribution >= 0.6 is 27.5 Å². The number of nitrogens with one attached hydrogen (secondary N) is 1. The van der Waals surface area contributed by atoms with Crippen LogP contribution in [0.2, 0.25) is 5.02 Å². The predicted octanol–water partition coefficient (Wildman–Crippen LogP) is 4.28. The van der Waals surface area contributed by atoms with Gasteiger partial charge in [0.2, 0.25) is 10.0 Å². The maximum absolute atomic E-state index is 13.7. The lowest BCUT2D eigenvalue weighted by Gasteiger charge is -2.16. The number of sulfonamides is 1. The second kappa shape index (κ2) is 6.44. The van der Waals surface area contributed by atoms with Crippen LogP contribution in [0.25, 0.3) is 0 Å². The molecule has 0 aliphatic rings. The molecule has 0 heterocycles. The lowest BCUT2D eigenvalue weighted by molar-refractivity contribution is 0.550. The average Bonchev–Trinajstić information content (AvgIpc) is 2.37. The van der Waals surface area contributed by atoms with E-state index < -0.39 is 21.9 Å². The van der Waals surface area contributed by atoms with Gasteiger partial charge < -0.3 is 0 Å². The van der Waals surface area contributed by atoms with Gasteiger partial charge in [0.15, 0.2) is 0 Å². The third kappa shape index (κ3) is 3.83. The molecular formula is C14H12BrClFNO2S. The molecule has 0 fully saturated rings. The van der Waals surface area contributed by atoms with Crippen molar-refractivity contribution in [2.75, 3.05) is 0 Å². The first-order valence-electron chi connectivity index (χ1n) is 6.03. The largest absolute Gasteiger partial charge is 0.242 e. The first-order valence-corrected chi connectivity index (χ1v) is 8.68. The van der Waals surface area contributed by atoms with E-state index in [0.717, 1.165) is 0 Å².